The van der Waals surface area contributed by atoms with Gasteiger partial charge in [0.1, 0.15) is 0 Å². The van der Waals surface area contributed by atoms with Crippen LogP contribution in [0.1, 0.15) is 32.1 Å². The Bertz CT molecular complexity index is 292. The summed E-state index contributed by atoms with van der Waals surface area (Å²) in [6.45, 7) is 0. The predicted octanol–water partition coefficient (Wildman–Crippen LogP) is 0.972. The third-order valence-electron chi connectivity index (χ3n) is 3.61. The molecule has 0 aromatic carbocycles. The minimum absolute atomic E-state index is 0.0130. The van der Waals surface area contributed by atoms with E-state index < -0.39 is 9.84 Å². The first-order chi connectivity index (χ1) is 6.58. The van der Waals surface area contributed by atoms with Gasteiger partial charge >= 0.3 is 0 Å². The highest BCUT2D eigenvalue weighted by molar-refractivity contribution is 7.91. The van der Waals surface area contributed by atoms with E-state index in [0.29, 0.717) is 11.7 Å². The molecule has 82 valence electrons. The zero-order valence-electron chi connectivity index (χ0n) is 8.35. The van der Waals surface area contributed by atoms with Crippen LogP contribution in [0, 0.1) is 11.8 Å². The molecule has 1 saturated carbocycles. The van der Waals surface area contributed by atoms with Gasteiger partial charge in [0.2, 0.25) is 0 Å². The third kappa shape index (κ3) is 2.11. The molecule has 1 aliphatic carbocycles. The minimum Gasteiger partial charge on any atom is -0.393 e. The van der Waals surface area contributed by atoms with Crippen molar-refractivity contribution in [2.45, 2.75) is 38.2 Å². The molecule has 0 radical (unpaired) electrons. The van der Waals surface area contributed by atoms with E-state index in [2.05, 4.69) is 0 Å². The summed E-state index contributed by atoms with van der Waals surface area (Å²) < 4.78 is 22.8. The number of hydrogen-bond donors (Lipinski definition) is 1. The Balaban J connectivity index is 1.96. The van der Waals surface area contributed by atoms with E-state index in [1.54, 1.807) is 0 Å². The molecule has 0 aromatic heterocycles. The molecule has 1 heterocycles. The van der Waals surface area contributed by atoms with Gasteiger partial charge in [-0.15, -0.1) is 0 Å². The molecule has 0 aromatic rings. The predicted molar refractivity (Wildman–Crippen MR) is 54.7 cm³/mol. The Labute approximate surface area is 85.4 Å². The number of aliphatic hydroxyl groups is 1. The average molecular weight is 218 g/mol. The molecule has 2 aliphatic rings. The highest BCUT2D eigenvalue weighted by atomic mass is 32.2. The lowest BCUT2D eigenvalue weighted by molar-refractivity contribution is 0.0179. The van der Waals surface area contributed by atoms with Gasteiger partial charge in [0.05, 0.1) is 17.6 Å². The van der Waals surface area contributed by atoms with E-state index in [1.165, 1.54) is 6.42 Å². The van der Waals surface area contributed by atoms with E-state index in [1.807, 2.05) is 0 Å². The van der Waals surface area contributed by atoms with Crippen molar-refractivity contribution in [3.05, 3.63) is 0 Å². The summed E-state index contributed by atoms with van der Waals surface area (Å²) in [5, 5.41) is 9.96. The molecule has 3 nitrogen and oxygen atoms in total. The van der Waals surface area contributed by atoms with Gasteiger partial charge in [0.15, 0.2) is 9.84 Å². The van der Waals surface area contributed by atoms with Crippen LogP contribution in [0.2, 0.25) is 0 Å². The summed E-state index contributed by atoms with van der Waals surface area (Å²) in [4.78, 5) is 0. The lowest BCUT2D eigenvalue weighted by Crippen LogP contribution is -2.39. The van der Waals surface area contributed by atoms with Crippen molar-refractivity contribution in [1.82, 2.24) is 0 Å². The summed E-state index contributed by atoms with van der Waals surface area (Å²) in [6, 6.07) is 0. The fraction of sp³-hybridized carbons (Fsp3) is 1.00. The van der Waals surface area contributed by atoms with Gasteiger partial charge in [-0.1, -0.05) is 6.42 Å². The van der Waals surface area contributed by atoms with Crippen LogP contribution in [-0.4, -0.2) is 31.1 Å². The zero-order chi connectivity index (χ0) is 10.2. The number of rotatable bonds is 2. The first-order valence-corrected chi connectivity index (χ1v) is 7.29. The van der Waals surface area contributed by atoms with Crippen molar-refractivity contribution in [2.75, 3.05) is 11.5 Å². The average Bonchev–Trinajstić information content (AvgIpc) is 1.99. The van der Waals surface area contributed by atoms with Gasteiger partial charge in [-0.2, -0.15) is 0 Å². The van der Waals surface area contributed by atoms with E-state index >= 15 is 0 Å². The smallest absolute Gasteiger partial charge is 0.150 e. The Hall–Kier alpha value is -0.0900. The van der Waals surface area contributed by atoms with Gasteiger partial charge in [-0.25, -0.2) is 8.42 Å². The maximum atomic E-state index is 11.4. The van der Waals surface area contributed by atoms with Crippen LogP contribution in [-0.2, 0) is 9.84 Å². The van der Waals surface area contributed by atoms with Crippen molar-refractivity contribution in [2.24, 2.45) is 11.8 Å². The standard InChI is InChI=1S/C10H18O3S/c11-10(8-3-1-4-8)9-5-2-6-14(12,13)7-9/h8-11H,1-7H2. The normalized spacial score (nSPS) is 34.8. The molecular formula is C10H18O3S. The maximum Gasteiger partial charge on any atom is 0.150 e. The van der Waals surface area contributed by atoms with Crippen molar-refractivity contribution in [3.63, 3.8) is 0 Å². The molecule has 0 spiro atoms. The minimum atomic E-state index is -2.85. The van der Waals surface area contributed by atoms with Crippen molar-refractivity contribution in [3.8, 4) is 0 Å². The SMILES string of the molecule is O=S1(=O)CCCC(C(O)C2CCC2)C1. The fourth-order valence-electron chi connectivity index (χ4n) is 2.49. The Morgan fingerprint density at radius 2 is 1.71 bits per heavy atom. The highest BCUT2D eigenvalue weighted by Crippen LogP contribution is 2.35. The lowest BCUT2D eigenvalue weighted by atomic mass is 9.76. The van der Waals surface area contributed by atoms with Gasteiger partial charge in [-0.05, 0) is 37.5 Å². The zero-order valence-corrected chi connectivity index (χ0v) is 9.17. The van der Waals surface area contributed by atoms with Crippen LogP contribution in [0.4, 0.5) is 0 Å². The van der Waals surface area contributed by atoms with Gasteiger partial charge < -0.3 is 5.11 Å². The van der Waals surface area contributed by atoms with Crippen LogP contribution < -0.4 is 0 Å². The summed E-state index contributed by atoms with van der Waals surface area (Å²) in [5.41, 5.74) is 0. The van der Waals surface area contributed by atoms with Gasteiger partial charge in [-0.3, -0.25) is 0 Å². The topological polar surface area (TPSA) is 54.4 Å². The van der Waals surface area contributed by atoms with E-state index in [9.17, 15) is 13.5 Å². The number of aliphatic hydroxyl groups excluding tert-OH is 1. The van der Waals surface area contributed by atoms with E-state index in [-0.39, 0.29) is 17.8 Å². The second-order valence-electron chi connectivity index (χ2n) is 4.70. The third-order valence-corrected chi connectivity index (χ3v) is 5.46. The maximum absolute atomic E-state index is 11.4. The molecule has 1 N–H and O–H groups in total. The van der Waals surface area contributed by atoms with Crippen molar-refractivity contribution < 1.29 is 13.5 Å². The molecule has 4 heteroatoms. The first kappa shape index (κ1) is 10.4. The van der Waals surface area contributed by atoms with Crippen molar-refractivity contribution >= 4 is 9.84 Å². The fourth-order valence-corrected chi connectivity index (χ4v) is 4.28. The Morgan fingerprint density at radius 3 is 2.21 bits per heavy atom. The molecule has 1 saturated heterocycles. The van der Waals surface area contributed by atoms with Crippen LogP contribution in [0.3, 0.4) is 0 Å². The Morgan fingerprint density at radius 1 is 1.07 bits per heavy atom. The van der Waals surface area contributed by atoms with Crippen molar-refractivity contribution in [1.29, 1.82) is 0 Å². The lowest BCUT2D eigenvalue weighted by Gasteiger charge is -2.36. The molecule has 14 heavy (non-hydrogen) atoms. The highest BCUT2D eigenvalue weighted by Gasteiger charge is 2.36. The van der Waals surface area contributed by atoms with Crippen LogP contribution >= 0.6 is 0 Å². The quantitative estimate of drug-likeness (QED) is 0.751. The molecule has 0 amide bonds. The molecular weight excluding hydrogens is 200 g/mol. The summed E-state index contributed by atoms with van der Waals surface area (Å²) in [5.74, 6) is 0.929. The molecule has 2 unspecified atom stereocenters. The molecule has 2 rings (SSSR count). The number of sulfone groups is 1. The summed E-state index contributed by atoms with van der Waals surface area (Å²) >= 11 is 0. The van der Waals surface area contributed by atoms with E-state index in [0.717, 1.165) is 25.7 Å². The largest absolute Gasteiger partial charge is 0.393 e. The second-order valence-corrected chi connectivity index (χ2v) is 6.93. The van der Waals surface area contributed by atoms with Gasteiger partial charge in [0, 0.05) is 0 Å². The molecule has 2 atom stereocenters. The van der Waals surface area contributed by atoms with Gasteiger partial charge in [0.25, 0.3) is 0 Å². The molecule has 0 bridgehead atoms. The number of hydrogen-bond acceptors (Lipinski definition) is 3. The Kier molecular flexibility index (Phi) is 2.84. The first-order valence-electron chi connectivity index (χ1n) is 5.47. The van der Waals surface area contributed by atoms with E-state index in [4.69, 9.17) is 0 Å². The molecule has 1 aliphatic heterocycles. The summed E-state index contributed by atoms with van der Waals surface area (Å²) in [7, 11) is -2.85. The van der Waals surface area contributed by atoms with Crippen LogP contribution in [0.15, 0.2) is 0 Å². The summed E-state index contributed by atoms with van der Waals surface area (Å²) in [6.07, 6.45) is 4.61. The van der Waals surface area contributed by atoms with Crippen LogP contribution in [0.25, 0.3) is 0 Å². The second kappa shape index (κ2) is 3.81. The monoisotopic (exact) mass is 218 g/mol. The van der Waals surface area contributed by atoms with Crippen LogP contribution in [0.5, 0.6) is 0 Å². The molecule has 2 fully saturated rings.